The van der Waals surface area contributed by atoms with Gasteiger partial charge < -0.3 is 10.1 Å². The third-order valence-electron chi connectivity index (χ3n) is 2.54. The van der Waals surface area contributed by atoms with Crippen LogP contribution >= 0.6 is 23.1 Å². The first-order valence-electron chi connectivity index (χ1n) is 6.97. The lowest BCUT2D eigenvalue weighted by molar-refractivity contribution is 0.00645. The van der Waals surface area contributed by atoms with Gasteiger partial charge in [0.15, 0.2) is 5.69 Å². The van der Waals surface area contributed by atoms with Crippen LogP contribution in [-0.2, 0) is 4.74 Å². The Morgan fingerprint density at radius 2 is 2.05 bits per heavy atom. The smallest absolute Gasteiger partial charge is 0.360 e. The highest BCUT2D eigenvalue weighted by Gasteiger charge is 2.24. The number of carbonyl (C=O) groups is 1. The zero-order valence-corrected chi connectivity index (χ0v) is 14.2. The summed E-state index contributed by atoms with van der Waals surface area (Å²) < 4.78 is 9.36. The average Bonchev–Trinajstić information content (AvgIpc) is 2.69. The fourth-order valence-electron chi connectivity index (χ4n) is 1.60. The summed E-state index contributed by atoms with van der Waals surface area (Å²) in [5.41, 5.74) is -0.347. The van der Waals surface area contributed by atoms with Crippen LogP contribution in [0.4, 0.5) is 5.00 Å². The normalized spacial score (nSPS) is 11.4. The molecule has 0 bridgehead atoms. The van der Waals surface area contributed by atoms with Crippen molar-refractivity contribution in [1.29, 1.82) is 0 Å². The van der Waals surface area contributed by atoms with Gasteiger partial charge in [-0.15, -0.1) is 0 Å². The second kappa shape index (κ2) is 7.84. The van der Waals surface area contributed by atoms with E-state index in [4.69, 9.17) is 16.3 Å². The number of unbranched alkanes of at least 4 members (excludes halogenated alkanes) is 3. The molecule has 1 aromatic rings. The summed E-state index contributed by atoms with van der Waals surface area (Å²) in [5.74, 6) is -0.474. The van der Waals surface area contributed by atoms with Gasteiger partial charge in [0.05, 0.1) is 0 Å². The number of anilines is 1. The van der Waals surface area contributed by atoms with Crippen LogP contribution in [0.25, 0.3) is 0 Å². The molecule has 114 valence electrons. The van der Waals surface area contributed by atoms with Gasteiger partial charge in [0, 0.05) is 6.54 Å². The van der Waals surface area contributed by atoms with Crippen LogP contribution in [0.5, 0.6) is 0 Å². The number of hydrogen-bond acceptors (Lipinski definition) is 5. The first kappa shape index (κ1) is 17.2. The Morgan fingerprint density at radius 1 is 1.35 bits per heavy atom. The maximum absolute atomic E-state index is 11.9. The Bertz CT molecular complexity index is 441. The van der Waals surface area contributed by atoms with Crippen LogP contribution < -0.4 is 5.32 Å². The van der Waals surface area contributed by atoms with E-state index in [1.165, 1.54) is 30.8 Å². The fourth-order valence-corrected chi connectivity index (χ4v) is 2.63. The molecule has 4 nitrogen and oxygen atoms in total. The molecule has 0 atom stereocenters. The predicted octanol–water partition coefficient (Wildman–Crippen LogP) is 4.74. The molecular formula is C14H23ClN2O2S. The number of esters is 1. The van der Waals surface area contributed by atoms with Gasteiger partial charge in [-0.1, -0.05) is 37.8 Å². The van der Waals surface area contributed by atoms with Crippen molar-refractivity contribution in [3.05, 3.63) is 10.7 Å². The number of aromatic nitrogens is 1. The van der Waals surface area contributed by atoms with Crippen molar-refractivity contribution in [2.75, 3.05) is 11.9 Å². The molecule has 0 saturated heterocycles. The summed E-state index contributed by atoms with van der Waals surface area (Å²) in [6.45, 7) is 8.48. The molecule has 0 fully saturated rings. The summed E-state index contributed by atoms with van der Waals surface area (Å²) >= 11 is 7.37. The number of carbonyl (C=O) groups excluding carboxylic acids is 1. The van der Waals surface area contributed by atoms with Gasteiger partial charge in [-0.2, -0.15) is 4.37 Å². The molecule has 1 N–H and O–H groups in total. The minimum absolute atomic E-state index is 0.197. The molecule has 20 heavy (non-hydrogen) atoms. The van der Waals surface area contributed by atoms with E-state index in [2.05, 4.69) is 16.6 Å². The monoisotopic (exact) mass is 318 g/mol. The number of nitrogens with one attached hydrogen (secondary N) is 1. The van der Waals surface area contributed by atoms with Gasteiger partial charge in [-0.25, -0.2) is 4.79 Å². The molecule has 0 amide bonds. The lowest BCUT2D eigenvalue weighted by Crippen LogP contribution is -2.24. The second-order valence-electron chi connectivity index (χ2n) is 5.66. The van der Waals surface area contributed by atoms with E-state index in [0.717, 1.165) is 18.0 Å². The van der Waals surface area contributed by atoms with E-state index in [-0.39, 0.29) is 5.69 Å². The summed E-state index contributed by atoms with van der Waals surface area (Å²) in [5, 5.41) is 4.33. The lowest BCUT2D eigenvalue weighted by Gasteiger charge is -2.18. The van der Waals surface area contributed by atoms with Crippen molar-refractivity contribution in [2.24, 2.45) is 0 Å². The van der Waals surface area contributed by atoms with Gasteiger partial charge in [-0.3, -0.25) is 0 Å². The Hall–Kier alpha value is -0.810. The molecule has 1 heterocycles. The SMILES string of the molecule is CCCCCCNc1snc(C(=O)OC(C)(C)C)c1Cl. The molecule has 0 aliphatic heterocycles. The van der Waals surface area contributed by atoms with Crippen molar-refractivity contribution in [3.63, 3.8) is 0 Å². The highest BCUT2D eigenvalue weighted by atomic mass is 35.5. The summed E-state index contributed by atoms with van der Waals surface area (Å²) in [6.07, 6.45) is 4.73. The highest BCUT2D eigenvalue weighted by molar-refractivity contribution is 7.11. The van der Waals surface area contributed by atoms with Crippen LogP contribution in [0.2, 0.25) is 5.02 Å². The number of hydrogen-bond donors (Lipinski definition) is 1. The highest BCUT2D eigenvalue weighted by Crippen LogP contribution is 2.31. The summed E-state index contributed by atoms with van der Waals surface area (Å²) in [7, 11) is 0. The van der Waals surface area contributed by atoms with Crippen LogP contribution in [-0.4, -0.2) is 22.5 Å². The van der Waals surface area contributed by atoms with Crippen molar-refractivity contribution >= 4 is 34.1 Å². The van der Waals surface area contributed by atoms with E-state index in [1.54, 1.807) is 0 Å². The third-order valence-corrected chi connectivity index (χ3v) is 3.83. The van der Waals surface area contributed by atoms with Crippen molar-refractivity contribution in [1.82, 2.24) is 4.37 Å². The average molecular weight is 319 g/mol. The molecule has 1 aromatic heterocycles. The van der Waals surface area contributed by atoms with E-state index in [1.807, 2.05) is 20.8 Å². The van der Waals surface area contributed by atoms with Crippen molar-refractivity contribution < 1.29 is 9.53 Å². The minimum atomic E-state index is -0.544. The molecule has 0 aromatic carbocycles. The van der Waals surface area contributed by atoms with Gasteiger partial charge in [-0.05, 0) is 38.7 Å². The molecule has 0 spiro atoms. The lowest BCUT2D eigenvalue weighted by atomic mass is 10.2. The molecule has 0 radical (unpaired) electrons. The van der Waals surface area contributed by atoms with Gasteiger partial charge in [0.1, 0.15) is 15.6 Å². The zero-order valence-electron chi connectivity index (χ0n) is 12.6. The Labute approximate surface area is 130 Å². The third kappa shape index (κ3) is 5.67. The molecule has 0 aliphatic carbocycles. The molecule has 1 rings (SSSR count). The maximum atomic E-state index is 11.9. The standard InChI is InChI=1S/C14H23ClN2O2S/c1-5-6-7-8-9-16-12-10(15)11(17-20-12)13(18)19-14(2,3)4/h16H,5-9H2,1-4H3. The van der Waals surface area contributed by atoms with E-state index >= 15 is 0 Å². The van der Waals surface area contributed by atoms with Gasteiger partial charge in [0.25, 0.3) is 0 Å². The largest absolute Gasteiger partial charge is 0.455 e. The Morgan fingerprint density at radius 3 is 2.65 bits per heavy atom. The summed E-state index contributed by atoms with van der Waals surface area (Å²) in [6, 6.07) is 0. The fraction of sp³-hybridized carbons (Fsp3) is 0.714. The Kier molecular flexibility index (Phi) is 6.76. The number of halogens is 1. The number of nitrogens with zero attached hydrogens (tertiary/aromatic N) is 1. The van der Waals surface area contributed by atoms with Crippen LogP contribution in [0.15, 0.2) is 0 Å². The molecule has 0 aliphatic rings. The molecule has 0 saturated carbocycles. The first-order valence-corrected chi connectivity index (χ1v) is 8.12. The summed E-state index contributed by atoms with van der Waals surface area (Å²) in [4.78, 5) is 11.9. The van der Waals surface area contributed by atoms with Crippen LogP contribution in [0.1, 0.15) is 63.9 Å². The topological polar surface area (TPSA) is 51.2 Å². The molecular weight excluding hydrogens is 296 g/mol. The quantitative estimate of drug-likeness (QED) is 0.582. The van der Waals surface area contributed by atoms with Gasteiger partial charge in [0.2, 0.25) is 0 Å². The van der Waals surface area contributed by atoms with E-state index < -0.39 is 11.6 Å². The van der Waals surface area contributed by atoms with Crippen molar-refractivity contribution in [2.45, 2.75) is 59.0 Å². The molecule has 0 unspecified atom stereocenters. The maximum Gasteiger partial charge on any atom is 0.360 e. The van der Waals surface area contributed by atoms with Gasteiger partial charge >= 0.3 is 5.97 Å². The van der Waals surface area contributed by atoms with Crippen LogP contribution in [0, 0.1) is 0 Å². The first-order chi connectivity index (χ1) is 9.35. The second-order valence-corrected chi connectivity index (χ2v) is 6.81. The molecule has 6 heteroatoms. The minimum Gasteiger partial charge on any atom is -0.455 e. The number of rotatable bonds is 7. The predicted molar refractivity (Wildman–Crippen MR) is 84.9 cm³/mol. The van der Waals surface area contributed by atoms with Crippen LogP contribution in [0.3, 0.4) is 0 Å². The Balaban J connectivity index is 2.54. The number of ether oxygens (including phenoxy) is 1. The van der Waals surface area contributed by atoms with E-state index in [0.29, 0.717) is 5.02 Å². The van der Waals surface area contributed by atoms with Crippen molar-refractivity contribution in [3.8, 4) is 0 Å². The van der Waals surface area contributed by atoms with E-state index in [9.17, 15) is 4.79 Å². The zero-order chi connectivity index (χ0) is 15.2.